The fourth-order valence-electron chi connectivity index (χ4n) is 2.66. The molecule has 0 amide bonds. The standard InChI is InChI=1S/C18H15N2O4/c1-2-22-18(21)17-14(20-6-4-3-5-7-20)8-12-9-15-16(24-11-23-15)10-13(12)19-17/h3-10H,2,11H2,1H3/q+1. The number of rotatable bonds is 3. The second-order valence-corrected chi connectivity index (χ2v) is 5.26. The number of benzene rings is 1. The number of hydrogen-bond donors (Lipinski definition) is 0. The maximum atomic E-state index is 12.4. The molecule has 4 rings (SSSR count). The van der Waals surface area contributed by atoms with Gasteiger partial charge >= 0.3 is 5.97 Å². The van der Waals surface area contributed by atoms with Crippen molar-refractivity contribution in [3.63, 3.8) is 0 Å². The topological polar surface area (TPSA) is 61.5 Å². The number of carbonyl (C=O) groups excluding carboxylic acids is 1. The molecule has 0 radical (unpaired) electrons. The first-order chi connectivity index (χ1) is 11.8. The summed E-state index contributed by atoms with van der Waals surface area (Å²) in [6, 6.07) is 11.2. The maximum Gasteiger partial charge on any atom is 0.363 e. The van der Waals surface area contributed by atoms with Crippen molar-refractivity contribution >= 4 is 16.9 Å². The number of carbonyl (C=O) groups is 1. The van der Waals surface area contributed by atoms with Crippen LogP contribution < -0.4 is 14.0 Å². The minimum atomic E-state index is -0.455. The molecule has 0 spiro atoms. The fraction of sp³-hybridized carbons (Fsp3) is 0.167. The second-order valence-electron chi connectivity index (χ2n) is 5.26. The molecule has 0 saturated heterocycles. The molecule has 3 heterocycles. The van der Waals surface area contributed by atoms with Gasteiger partial charge in [-0.05, 0) is 13.0 Å². The van der Waals surface area contributed by atoms with Crippen LogP contribution in [0.3, 0.4) is 0 Å². The number of fused-ring (bicyclic) bond motifs is 2. The molecule has 3 aromatic rings. The Balaban J connectivity index is 1.95. The van der Waals surface area contributed by atoms with E-state index in [0.717, 1.165) is 5.39 Å². The third-order valence-corrected chi connectivity index (χ3v) is 3.75. The van der Waals surface area contributed by atoms with Crippen LogP contribution in [0.1, 0.15) is 17.4 Å². The van der Waals surface area contributed by atoms with Gasteiger partial charge in [0.1, 0.15) is 0 Å². The van der Waals surface area contributed by atoms with Gasteiger partial charge < -0.3 is 14.2 Å². The predicted octanol–water partition coefficient (Wildman–Crippen LogP) is 2.42. The van der Waals surface area contributed by atoms with E-state index in [9.17, 15) is 4.79 Å². The summed E-state index contributed by atoms with van der Waals surface area (Å²) < 4.78 is 17.8. The summed E-state index contributed by atoms with van der Waals surface area (Å²) in [6.07, 6.45) is 3.72. The molecule has 1 aliphatic heterocycles. The third-order valence-electron chi connectivity index (χ3n) is 3.75. The first-order valence-electron chi connectivity index (χ1n) is 7.64. The first kappa shape index (κ1) is 14.4. The van der Waals surface area contributed by atoms with Gasteiger partial charge in [0.2, 0.25) is 18.2 Å². The molecular weight excluding hydrogens is 308 g/mol. The van der Waals surface area contributed by atoms with E-state index < -0.39 is 5.97 Å². The van der Waals surface area contributed by atoms with Crippen LogP contribution in [-0.4, -0.2) is 24.4 Å². The van der Waals surface area contributed by atoms with Crippen LogP contribution in [0.15, 0.2) is 48.8 Å². The van der Waals surface area contributed by atoms with Gasteiger partial charge in [0.15, 0.2) is 23.9 Å². The number of pyridine rings is 2. The van der Waals surface area contributed by atoms with Crippen LogP contribution in [0.2, 0.25) is 0 Å². The molecule has 2 aromatic heterocycles. The molecule has 0 unspecified atom stereocenters. The van der Waals surface area contributed by atoms with Gasteiger partial charge in [-0.25, -0.2) is 9.78 Å². The zero-order valence-corrected chi connectivity index (χ0v) is 13.1. The SMILES string of the molecule is CCOC(=O)c1nc2cc3c(cc2cc1-[n+]1ccccc1)OCO3. The van der Waals surface area contributed by atoms with E-state index in [1.807, 2.05) is 47.3 Å². The Labute approximate surface area is 138 Å². The lowest BCUT2D eigenvalue weighted by molar-refractivity contribution is -0.596. The smallest absolute Gasteiger partial charge is 0.363 e. The fourth-order valence-corrected chi connectivity index (χ4v) is 2.66. The number of hydrogen-bond acceptors (Lipinski definition) is 5. The quantitative estimate of drug-likeness (QED) is 0.547. The number of esters is 1. The highest BCUT2D eigenvalue weighted by atomic mass is 16.7. The van der Waals surface area contributed by atoms with Crippen LogP contribution in [0.5, 0.6) is 11.5 Å². The van der Waals surface area contributed by atoms with Gasteiger partial charge in [-0.1, -0.05) is 6.07 Å². The summed E-state index contributed by atoms with van der Waals surface area (Å²) in [5.41, 5.74) is 1.57. The van der Waals surface area contributed by atoms with E-state index in [0.29, 0.717) is 29.3 Å². The Morgan fingerprint density at radius 2 is 1.92 bits per heavy atom. The summed E-state index contributed by atoms with van der Waals surface area (Å²) in [6.45, 7) is 2.25. The zero-order chi connectivity index (χ0) is 16.5. The molecule has 6 nitrogen and oxygen atoms in total. The molecular formula is C18H15N2O4+. The van der Waals surface area contributed by atoms with Gasteiger partial charge in [0, 0.05) is 29.7 Å². The molecule has 24 heavy (non-hydrogen) atoms. The third kappa shape index (κ3) is 2.42. The van der Waals surface area contributed by atoms with E-state index in [1.165, 1.54) is 0 Å². The van der Waals surface area contributed by atoms with E-state index >= 15 is 0 Å². The minimum absolute atomic E-state index is 0.191. The second kappa shape index (κ2) is 5.81. The average Bonchev–Trinajstić information content (AvgIpc) is 3.06. The summed E-state index contributed by atoms with van der Waals surface area (Å²) in [4.78, 5) is 16.9. The largest absolute Gasteiger partial charge is 0.461 e. The van der Waals surface area contributed by atoms with Crippen molar-refractivity contribution in [2.75, 3.05) is 13.4 Å². The highest BCUT2D eigenvalue weighted by Gasteiger charge is 2.24. The number of ether oxygens (including phenoxy) is 3. The van der Waals surface area contributed by atoms with Crippen molar-refractivity contribution in [1.29, 1.82) is 0 Å². The van der Waals surface area contributed by atoms with Crippen molar-refractivity contribution in [3.05, 3.63) is 54.5 Å². The summed E-state index contributed by atoms with van der Waals surface area (Å²) in [5, 5.41) is 0.860. The molecule has 0 aliphatic carbocycles. The molecule has 1 aromatic carbocycles. The molecule has 0 bridgehead atoms. The highest BCUT2D eigenvalue weighted by molar-refractivity contribution is 5.95. The van der Waals surface area contributed by atoms with Crippen LogP contribution in [0.25, 0.3) is 16.6 Å². The highest BCUT2D eigenvalue weighted by Crippen LogP contribution is 2.36. The van der Waals surface area contributed by atoms with Crippen LogP contribution >= 0.6 is 0 Å². The summed E-state index contributed by atoms with van der Waals surface area (Å²) in [5.74, 6) is 0.852. The van der Waals surface area contributed by atoms with Gasteiger partial charge in [-0.2, -0.15) is 4.57 Å². The van der Waals surface area contributed by atoms with Crippen molar-refractivity contribution < 1.29 is 23.6 Å². The van der Waals surface area contributed by atoms with Gasteiger partial charge in [0.05, 0.1) is 12.1 Å². The van der Waals surface area contributed by atoms with Crippen molar-refractivity contribution in [1.82, 2.24) is 4.98 Å². The lowest BCUT2D eigenvalue weighted by Crippen LogP contribution is -2.32. The Hall–Kier alpha value is -3.15. The Bertz CT molecular complexity index is 925. The van der Waals surface area contributed by atoms with Crippen LogP contribution in [0, 0.1) is 0 Å². The average molecular weight is 323 g/mol. The lowest BCUT2D eigenvalue weighted by atomic mass is 10.1. The molecule has 0 N–H and O–H groups in total. The summed E-state index contributed by atoms with van der Waals surface area (Å²) in [7, 11) is 0. The molecule has 0 atom stereocenters. The Morgan fingerprint density at radius 3 is 2.67 bits per heavy atom. The minimum Gasteiger partial charge on any atom is -0.461 e. The van der Waals surface area contributed by atoms with Crippen molar-refractivity contribution in [2.24, 2.45) is 0 Å². The van der Waals surface area contributed by atoms with Gasteiger partial charge in [-0.15, -0.1) is 0 Å². The van der Waals surface area contributed by atoms with Crippen LogP contribution in [-0.2, 0) is 4.74 Å². The normalized spacial score (nSPS) is 12.4. The molecule has 120 valence electrons. The van der Waals surface area contributed by atoms with Crippen molar-refractivity contribution in [3.8, 4) is 17.2 Å². The lowest BCUT2D eigenvalue weighted by Gasteiger charge is -2.07. The molecule has 0 saturated carbocycles. The zero-order valence-electron chi connectivity index (χ0n) is 13.1. The van der Waals surface area contributed by atoms with E-state index in [4.69, 9.17) is 14.2 Å². The summed E-state index contributed by atoms with van der Waals surface area (Å²) >= 11 is 0. The molecule has 6 heteroatoms. The Morgan fingerprint density at radius 1 is 1.17 bits per heavy atom. The van der Waals surface area contributed by atoms with Gasteiger partial charge in [-0.3, -0.25) is 0 Å². The predicted molar refractivity (Wildman–Crippen MR) is 85.4 cm³/mol. The number of aromatic nitrogens is 2. The molecule has 0 fully saturated rings. The van der Waals surface area contributed by atoms with E-state index in [1.54, 1.807) is 13.0 Å². The van der Waals surface area contributed by atoms with E-state index in [-0.39, 0.29) is 12.5 Å². The Kier molecular flexibility index (Phi) is 3.49. The van der Waals surface area contributed by atoms with Crippen LogP contribution in [0.4, 0.5) is 0 Å². The number of nitrogens with zero attached hydrogens (tertiary/aromatic N) is 2. The van der Waals surface area contributed by atoms with Crippen molar-refractivity contribution in [2.45, 2.75) is 6.92 Å². The molecule has 1 aliphatic rings. The monoisotopic (exact) mass is 323 g/mol. The van der Waals surface area contributed by atoms with Gasteiger partial charge in [0.25, 0.3) is 0 Å². The first-order valence-corrected chi connectivity index (χ1v) is 7.64. The van der Waals surface area contributed by atoms with E-state index in [2.05, 4.69) is 4.98 Å². The maximum absolute atomic E-state index is 12.4.